The van der Waals surface area contributed by atoms with E-state index in [1.165, 1.54) is 0 Å². The number of nitrogens with zero attached hydrogens (tertiary/aromatic N) is 1. The number of carbonyl (C=O) groups excluding carboxylic acids is 2. The fourth-order valence-electron chi connectivity index (χ4n) is 3.14. The third-order valence-electron chi connectivity index (χ3n) is 4.56. The van der Waals surface area contributed by atoms with Crippen LogP contribution >= 0.6 is 0 Å². The minimum atomic E-state index is -0.294. The quantitative estimate of drug-likeness (QED) is 0.769. The molecule has 1 unspecified atom stereocenters. The van der Waals surface area contributed by atoms with Crippen LogP contribution in [0.25, 0.3) is 0 Å². The number of urea groups is 1. The van der Waals surface area contributed by atoms with Gasteiger partial charge in [0.05, 0.1) is 13.7 Å². The zero-order chi connectivity index (χ0) is 19.9. The zero-order valence-corrected chi connectivity index (χ0v) is 16.1. The molecule has 1 aliphatic rings. The van der Waals surface area contributed by atoms with E-state index in [1.807, 2.05) is 31.2 Å². The SMILES string of the molecule is CCOc1ccc(N2CC(CNC(=O)Nc3ccc(OC)cc3)CC2=O)cc1. The van der Waals surface area contributed by atoms with Crippen LogP contribution in [0.4, 0.5) is 16.2 Å². The third kappa shape index (κ3) is 4.94. The number of hydrogen-bond acceptors (Lipinski definition) is 4. The van der Waals surface area contributed by atoms with Crippen molar-refractivity contribution in [2.45, 2.75) is 13.3 Å². The maximum atomic E-state index is 12.3. The second-order valence-electron chi connectivity index (χ2n) is 6.56. The first-order valence-electron chi connectivity index (χ1n) is 9.31. The molecule has 1 heterocycles. The molecule has 3 amide bonds. The van der Waals surface area contributed by atoms with E-state index < -0.39 is 0 Å². The van der Waals surface area contributed by atoms with E-state index >= 15 is 0 Å². The van der Waals surface area contributed by atoms with Crippen molar-refractivity contribution in [2.24, 2.45) is 5.92 Å². The summed E-state index contributed by atoms with van der Waals surface area (Å²) in [6.07, 6.45) is 0.413. The van der Waals surface area contributed by atoms with Crippen molar-refractivity contribution in [3.63, 3.8) is 0 Å². The van der Waals surface area contributed by atoms with Crippen molar-refractivity contribution in [3.05, 3.63) is 48.5 Å². The number of rotatable bonds is 7. The summed E-state index contributed by atoms with van der Waals surface area (Å²) in [5, 5.41) is 5.61. The molecule has 28 heavy (non-hydrogen) atoms. The third-order valence-corrected chi connectivity index (χ3v) is 4.56. The van der Waals surface area contributed by atoms with Gasteiger partial charge in [-0.3, -0.25) is 4.79 Å². The molecule has 1 fully saturated rings. The number of methoxy groups -OCH3 is 1. The standard InChI is InChI=1S/C21H25N3O4/c1-3-28-19-10-6-17(7-11-19)24-14-15(12-20(24)25)13-22-21(26)23-16-4-8-18(27-2)9-5-16/h4-11,15H,3,12-14H2,1-2H3,(H2,22,23,26). The van der Waals surface area contributed by atoms with Crippen LogP contribution in [0.15, 0.2) is 48.5 Å². The Balaban J connectivity index is 1.48. The summed E-state index contributed by atoms with van der Waals surface area (Å²) in [7, 11) is 1.59. The van der Waals surface area contributed by atoms with Gasteiger partial charge in [-0.2, -0.15) is 0 Å². The first kappa shape index (κ1) is 19.5. The molecule has 2 aromatic carbocycles. The van der Waals surface area contributed by atoms with Gasteiger partial charge in [0.25, 0.3) is 0 Å². The average molecular weight is 383 g/mol. The van der Waals surface area contributed by atoms with Gasteiger partial charge in [0, 0.05) is 36.8 Å². The van der Waals surface area contributed by atoms with Gasteiger partial charge in [-0.15, -0.1) is 0 Å². The molecule has 1 atom stereocenters. The van der Waals surface area contributed by atoms with E-state index in [-0.39, 0.29) is 17.9 Å². The lowest BCUT2D eigenvalue weighted by Gasteiger charge is -2.17. The van der Waals surface area contributed by atoms with Gasteiger partial charge >= 0.3 is 6.03 Å². The van der Waals surface area contributed by atoms with E-state index in [4.69, 9.17) is 9.47 Å². The highest BCUT2D eigenvalue weighted by Crippen LogP contribution is 2.26. The number of carbonyl (C=O) groups is 2. The van der Waals surface area contributed by atoms with Crippen molar-refractivity contribution < 1.29 is 19.1 Å². The van der Waals surface area contributed by atoms with Crippen LogP contribution in [0, 0.1) is 5.92 Å². The van der Waals surface area contributed by atoms with Crippen LogP contribution in [0.2, 0.25) is 0 Å². The molecule has 3 rings (SSSR count). The number of ether oxygens (including phenoxy) is 2. The number of amides is 3. The Kier molecular flexibility index (Phi) is 6.37. The van der Waals surface area contributed by atoms with Crippen molar-refractivity contribution in [1.29, 1.82) is 0 Å². The summed E-state index contributed by atoms with van der Waals surface area (Å²) >= 11 is 0. The molecule has 0 radical (unpaired) electrons. The minimum absolute atomic E-state index is 0.0616. The van der Waals surface area contributed by atoms with E-state index in [2.05, 4.69) is 10.6 Å². The molecular weight excluding hydrogens is 358 g/mol. The Morgan fingerprint density at radius 2 is 1.79 bits per heavy atom. The van der Waals surface area contributed by atoms with Gasteiger partial charge in [0.15, 0.2) is 0 Å². The number of hydrogen-bond donors (Lipinski definition) is 2. The van der Waals surface area contributed by atoms with E-state index in [1.54, 1.807) is 36.3 Å². The van der Waals surface area contributed by atoms with Gasteiger partial charge in [0.1, 0.15) is 11.5 Å². The molecule has 148 valence electrons. The zero-order valence-electron chi connectivity index (χ0n) is 16.1. The van der Waals surface area contributed by atoms with Gasteiger partial charge < -0.3 is 25.0 Å². The normalized spacial score (nSPS) is 16.0. The Morgan fingerprint density at radius 3 is 2.43 bits per heavy atom. The van der Waals surface area contributed by atoms with Crippen LogP contribution < -0.4 is 25.0 Å². The lowest BCUT2D eigenvalue weighted by Crippen LogP contribution is -2.34. The molecule has 0 bridgehead atoms. The summed E-state index contributed by atoms with van der Waals surface area (Å²) in [6, 6.07) is 14.3. The highest BCUT2D eigenvalue weighted by Gasteiger charge is 2.30. The van der Waals surface area contributed by atoms with E-state index in [0.717, 1.165) is 17.2 Å². The van der Waals surface area contributed by atoms with Crippen molar-refractivity contribution in [3.8, 4) is 11.5 Å². The second-order valence-corrected chi connectivity index (χ2v) is 6.56. The molecule has 2 N–H and O–H groups in total. The molecule has 1 aliphatic heterocycles. The Morgan fingerprint density at radius 1 is 1.11 bits per heavy atom. The second kappa shape index (κ2) is 9.12. The molecule has 7 nitrogen and oxygen atoms in total. The average Bonchev–Trinajstić information content (AvgIpc) is 3.08. The van der Waals surface area contributed by atoms with Gasteiger partial charge in [0.2, 0.25) is 5.91 Å². The molecule has 0 aliphatic carbocycles. The van der Waals surface area contributed by atoms with Crippen molar-refractivity contribution in [2.75, 3.05) is 37.0 Å². The lowest BCUT2D eigenvalue weighted by molar-refractivity contribution is -0.117. The maximum Gasteiger partial charge on any atom is 0.319 e. The van der Waals surface area contributed by atoms with Crippen molar-refractivity contribution >= 4 is 23.3 Å². The van der Waals surface area contributed by atoms with Crippen LogP contribution in [0.1, 0.15) is 13.3 Å². The molecule has 0 saturated carbocycles. The molecular formula is C21H25N3O4. The van der Waals surface area contributed by atoms with Crippen LogP contribution in [0.3, 0.4) is 0 Å². The van der Waals surface area contributed by atoms with Crippen molar-refractivity contribution in [1.82, 2.24) is 5.32 Å². The predicted octanol–water partition coefficient (Wildman–Crippen LogP) is 3.27. The Bertz CT molecular complexity index is 805. The van der Waals surface area contributed by atoms with Crippen LogP contribution in [-0.2, 0) is 4.79 Å². The number of nitrogens with one attached hydrogen (secondary N) is 2. The first-order chi connectivity index (χ1) is 13.6. The summed E-state index contributed by atoms with van der Waals surface area (Å²) in [6.45, 7) is 3.55. The highest BCUT2D eigenvalue weighted by atomic mass is 16.5. The minimum Gasteiger partial charge on any atom is -0.497 e. The van der Waals surface area contributed by atoms with Gasteiger partial charge in [-0.05, 0) is 55.5 Å². The van der Waals surface area contributed by atoms with Crippen LogP contribution in [-0.4, -0.2) is 38.7 Å². The smallest absolute Gasteiger partial charge is 0.319 e. The highest BCUT2D eigenvalue weighted by molar-refractivity contribution is 5.96. The van der Waals surface area contributed by atoms with Crippen LogP contribution in [0.5, 0.6) is 11.5 Å². The molecule has 2 aromatic rings. The van der Waals surface area contributed by atoms with E-state index in [9.17, 15) is 9.59 Å². The lowest BCUT2D eigenvalue weighted by atomic mass is 10.1. The topological polar surface area (TPSA) is 79.9 Å². The number of anilines is 2. The summed E-state index contributed by atoms with van der Waals surface area (Å²) < 4.78 is 10.5. The fourth-order valence-corrected chi connectivity index (χ4v) is 3.14. The monoisotopic (exact) mass is 383 g/mol. The molecule has 0 spiro atoms. The summed E-state index contributed by atoms with van der Waals surface area (Å²) in [5.41, 5.74) is 1.52. The maximum absolute atomic E-state index is 12.3. The Labute approximate surface area is 164 Å². The first-order valence-corrected chi connectivity index (χ1v) is 9.31. The van der Waals surface area contributed by atoms with E-state index in [0.29, 0.717) is 31.8 Å². The fraction of sp³-hybridized carbons (Fsp3) is 0.333. The van der Waals surface area contributed by atoms with Gasteiger partial charge in [-0.25, -0.2) is 4.79 Å². The molecule has 0 aromatic heterocycles. The number of benzene rings is 2. The summed E-state index contributed by atoms with van der Waals surface area (Å²) in [5.74, 6) is 1.64. The largest absolute Gasteiger partial charge is 0.497 e. The molecule has 1 saturated heterocycles. The predicted molar refractivity (Wildman–Crippen MR) is 108 cm³/mol. The Hall–Kier alpha value is -3.22. The summed E-state index contributed by atoms with van der Waals surface area (Å²) in [4.78, 5) is 26.2. The van der Waals surface area contributed by atoms with Gasteiger partial charge in [-0.1, -0.05) is 0 Å². The molecule has 7 heteroatoms.